The molecule has 1 aromatic heterocycles. The smallest absolute Gasteiger partial charge is 0.270 e. The first-order valence-electron chi connectivity index (χ1n) is 8.66. The summed E-state index contributed by atoms with van der Waals surface area (Å²) in [6, 6.07) is 6.85. The number of morpholine rings is 1. The first kappa shape index (κ1) is 16.2. The Morgan fingerprint density at radius 3 is 2.84 bits per heavy atom. The predicted molar refractivity (Wildman–Crippen MR) is 94.1 cm³/mol. The summed E-state index contributed by atoms with van der Waals surface area (Å²) >= 11 is 0. The zero-order valence-electron chi connectivity index (χ0n) is 14.2. The highest BCUT2D eigenvalue weighted by Crippen LogP contribution is 2.32. The zero-order chi connectivity index (χ0) is 17.4. The fourth-order valence-electron chi connectivity index (χ4n) is 3.71. The van der Waals surface area contributed by atoms with E-state index in [1.807, 2.05) is 13.0 Å². The molecule has 0 radical (unpaired) electrons. The summed E-state index contributed by atoms with van der Waals surface area (Å²) in [5.74, 6) is 0. The van der Waals surface area contributed by atoms with E-state index in [1.54, 1.807) is 12.1 Å². The van der Waals surface area contributed by atoms with Gasteiger partial charge in [0.05, 0.1) is 23.2 Å². The van der Waals surface area contributed by atoms with Gasteiger partial charge < -0.3 is 14.4 Å². The predicted octanol–water partition coefficient (Wildman–Crippen LogP) is 2.84. The topological polar surface area (TPSA) is 77.7 Å². The van der Waals surface area contributed by atoms with Crippen LogP contribution in [0.3, 0.4) is 0 Å². The van der Waals surface area contributed by atoms with Crippen molar-refractivity contribution in [2.75, 3.05) is 31.2 Å². The average molecular weight is 343 g/mol. The van der Waals surface area contributed by atoms with Gasteiger partial charge in [-0.1, -0.05) is 0 Å². The molecule has 0 amide bonds. The molecule has 0 saturated carbocycles. The van der Waals surface area contributed by atoms with Crippen molar-refractivity contribution < 1.29 is 14.4 Å². The summed E-state index contributed by atoms with van der Waals surface area (Å²) in [5, 5.41) is 12.0. The van der Waals surface area contributed by atoms with E-state index in [0.29, 0.717) is 6.61 Å². The first-order valence-corrected chi connectivity index (χ1v) is 8.66. The molecule has 0 aliphatic carbocycles. The van der Waals surface area contributed by atoms with Gasteiger partial charge in [0.25, 0.3) is 5.69 Å². The highest BCUT2D eigenvalue weighted by Gasteiger charge is 2.32. The Hall–Kier alpha value is -2.25. The van der Waals surface area contributed by atoms with Crippen molar-refractivity contribution in [1.82, 2.24) is 4.98 Å². The molecule has 7 nitrogen and oxygen atoms in total. The molecule has 2 unspecified atom stereocenters. The number of ether oxygens (including phenoxy) is 2. The molecule has 7 heteroatoms. The number of rotatable bonds is 3. The van der Waals surface area contributed by atoms with Crippen LogP contribution in [0.1, 0.15) is 18.5 Å². The Balaban J connectivity index is 1.71. The van der Waals surface area contributed by atoms with Crippen LogP contribution < -0.4 is 4.90 Å². The highest BCUT2D eigenvalue weighted by molar-refractivity contribution is 5.93. The minimum absolute atomic E-state index is 0.0402. The maximum atomic E-state index is 11.2. The summed E-state index contributed by atoms with van der Waals surface area (Å²) in [6.45, 7) is 4.86. The molecule has 1 aromatic carbocycles. The van der Waals surface area contributed by atoms with Gasteiger partial charge in [-0.05, 0) is 31.9 Å². The Kier molecular flexibility index (Phi) is 4.27. The Bertz CT molecular complexity index is 804. The van der Waals surface area contributed by atoms with Gasteiger partial charge in [-0.15, -0.1) is 0 Å². The first-order chi connectivity index (χ1) is 12.1. The molecule has 2 aliphatic rings. The number of benzene rings is 1. The normalized spacial score (nSPS) is 24.0. The van der Waals surface area contributed by atoms with E-state index < -0.39 is 0 Å². The van der Waals surface area contributed by atoms with Gasteiger partial charge in [0.1, 0.15) is 6.10 Å². The van der Waals surface area contributed by atoms with Crippen molar-refractivity contribution in [2.45, 2.75) is 32.0 Å². The Morgan fingerprint density at radius 1 is 1.24 bits per heavy atom. The Labute approximate surface area is 145 Å². The minimum atomic E-state index is -0.364. The molecule has 4 rings (SSSR count). The lowest BCUT2D eigenvalue weighted by Gasteiger charge is -2.37. The minimum Gasteiger partial charge on any atom is -0.375 e. The standard InChI is InChI=1S/C18H21N3O4/c1-12-9-16(14-10-13(21(22)23)4-5-15(14)19-12)20-6-8-25-18(11-20)17-3-2-7-24-17/h4-5,9-10,17-18H,2-3,6-8,11H2,1H3. The van der Waals surface area contributed by atoms with Crippen LogP contribution in [0.25, 0.3) is 10.9 Å². The van der Waals surface area contributed by atoms with Gasteiger partial charge in [-0.25, -0.2) is 0 Å². The van der Waals surface area contributed by atoms with E-state index in [0.717, 1.165) is 54.8 Å². The lowest BCUT2D eigenvalue weighted by atomic mass is 10.1. The number of aryl methyl sites for hydroxylation is 1. The van der Waals surface area contributed by atoms with Crippen LogP contribution in [-0.2, 0) is 9.47 Å². The number of hydrogen-bond acceptors (Lipinski definition) is 6. The molecule has 2 saturated heterocycles. The third-order valence-electron chi connectivity index (χ3n) is 4.92. The molecule has 0 spiro atoms. The molecule has 132 valence electrons. The summed E-state index contributed by atoms with van der Waals surface area (Å²) in [4.78, 5) is 17.6. The molecular formula is C18H21N3O4. The van der Waals surface area contributed by atoms with Crippen molar-refractivity contribution in [3.63, 3.8) is 0 Å². The SMILES string of the molecule is Cc1cc(N2CCOC(C3CCCO3)C2)c2cc([N+](=O)[O-])ccc2n1. The Morgan fingerprint density at radius 2 is 2.08 bits per heavy atom. The van der Waals surface area contributed by atoms with Crippen LogP contribution in [0.2, 0.25) is 0 Å². The summed E-state index contributed by atoms with van der Waals surface area (Å²) in [6.07, 6.45) is 2.29. The van der Waals surface area contributed by atoms with Gasteiger partial charge in [0.2, 0.25) is 0 Å². The number of pyridine rings is 1. The van der Waals surface area contributed by atoms with Crippen molar-refractivity contribution in [3.05, 3.63) is 40.1 Å². The van der Waals surface area contributed by atoms with Gasteiger partial charge >= 0.3 is 0 Å². The maximum absolute atomic E-state index is 11.2. The molecule has 25 heavy (non-hydrogen) atoms. The van der Waals surface area contributed by atoms with Gasteiger partial charge in [-0.2, -0.15) is 0 Å². The maximum Gasteiger partial charge on any atom is 0.270 e. The molecular weight excluding hydrogens is 322 g/mol. The number of anilines is 1. The number of nitro groups is 1. The number of hydrogen-bond donors (Lipinski definition) is 0. The average Bonchev–Trinajstić information content (AvgIpc) is 3.15. The lowest BCUT2D eigenvalue weighted by molar-refractivity contribution is -0.384. The number of fused-ring (bicyclic) bond motifs is 1. The van der Waals surface area contributed by atoms with Gasteiger partial charge in [0.15, 0.2) is 0 Å². The third-order valence-corrected chi connectivity index (χ3v) is 4.92. The summed E-state index contributed by atoms with van der Waals surface area (Å²) < 4.78 is 11.7. The monoisotopic (exact) mass is 343 g/mol. The number of aromatic nitrogens is 1. The number of non-ortho nitro benzene ring substituents is 1. The van der Waals surface area contributed by atoms with Crippen molar-refractivity contribution in [2.24, 2.45) is 0 Å². The molecule has 0 bridgehead atoms. The van der Waals surface area contributed by atoms with E-state index in [-0.39, 0.29) is 22.8 Å². The van der Waals surface area contributed by atoms with Gasteiger partial charge in [-0.3, -0.25) is 15.1 Å². The van der Waals surface area contributed by atoms with Crippen LogP contribution in [0, 0.1) is 17.0 Å². The largest absolute Gasteiger partial charge is 0.375 e. The molecule has 0 N–H and O–H groups in total. The molecule has 2 aliphatic heterocycles. The second kappa shape index (κ2) is 6.57. The summed E-state index contributed by atoms with van der Waals surface area (Å²) in [7, 11) is 0. The fraction of sp³-hybridized carbons (Fsp3) is 0.500. The van der Waals surface area contributed by atoms with Crippen LogP contribution in [-0.4, -0.2) is 48.4 Å². The quantitative estimate of drug-likeness (QED) is 0.630. The van der Waals surface area contributed by atoms with E-state index >= 15 is 0 Å². The van der Waals surface area contributed by atoms with E-state index in [2.05, 4.69) is 9.88 Å². The van der Waals surface area contributed by atoms with E-state index in [4.69, 9.17) is 9.47 Å². The van der Waals surface area contributed by atoms with Crippen LogP contribution in [0.4, 0.5) is 11.4 Å². The molecule has 2 atom stereocenters. The third kappa shape index (κ3) is 3.17. The van der Waals surface area contributed by atoms with Crippen LogP contribution >= 0.6 is 0 Å². The van der Waals surface area contributed by atoms with Crippen molar-refractivity contribution >= 4 is 22.3 Å². The summed E-state index contributed by atoms with van der Waals surface area (Å²) in [5.41, 5.74) is 2.75. The second-order valence-electron chi connectivity index (χ2n) is 6.65. The van der Waals surface area contributed by atoms with E-state index in [9.17, 15) is 10.1 Å². The van der Waals surface area contributed by atoms with Crippen LogP contribution in [0.5, 0.6) is 0 Å². The van der Waals surface area contributed by atoms with E-state index in [1.165, 1.54) is 6.07 Å². The second-order valence-corrected chi connectivity index (χ2v) is 6.65. The molecule has 3 heterocycles. The van der Waals surface area contributed by atoms with Crippen molar-refractivity contribution in [3.8, 4) is 0 Å². The highest BCUT2D eigenvalue weighted by atomic mass is 16.6. The number of nitro benzene ring substituents is 1. The van der Waals surface area contributed by atoms with Gasteiger partial charge in [0, 0.05) is 48.6 Å². The lowest BCUT2D eigenvalue weighted by Crippen LogP contribution is -2.47. The zero-order valence-corrected chi connectivity index (χ0v) is 14.2. The number of nitrogens with zero attached hydrogens (tertiary/aromatic N) is 3. The molecule has 2 fully saturated rings. The van der Waals surface area contributed by atoms with Crippen LogP contribution in [0.15, 0.2) is 24.3 Å². The fourth-order valence-corrected chi connectivity index (χ4v) is 3.71. The molecule has 2 aromatic rings. The van der Waals surface area contributed by atoms with Crippen molar-refractivity contribution in [1.29, 1.82) is 0 Å².